The molecular formula is C15H24FNO4. The lowest BCUT2D eigenvalue weighted by Crippen LogP contribution is -2.12. The van der Waals surface area contributed by atoms with E-state index in [9.17, 15) is 4.39 Å². The van der Waals surface area contributed by atoms with Crippen molar-refractivity contribution in [1.82, 2.24) is 0 Å². The van der Waals surface area contributed by atoms with Crippen LogP contribution in [0.1, 0.15) is 18.5 Å². The molecule has 0 saturated carbocycles. The monoisotopic (exact) mass is 301 g/mol. The van der Waals surface area contributed by atoms with Crippen molar-refractivity contribution in [1.29, 1.82) is 0 Å². The maximum atomic E-state index is 13.7. The summed E-state index contributed by atoms with van der Waals surface area (Å²) >= 11 is 0. The first kappa shape index (κ1) is 17.8. The van der Waals surface area contributed by atoms with Gasteiger partial charge in [0.25, 0.3) is 0 Å². The minimum Gasteiger partial charge on any atom is -0.491 e. The van der Waals surface area contributed by atoms with Crippen LogP contribution in [-0.2, 0) is 14.2 Å². The molecule has 0 aliphatic rings. The number of nitrogens with two attached hydrogens (primary N) is 1. The highest BCUT2D eigenvalue weighted by molar-refractivity contribution is 5.30. The Hall–Kier alpha value is -1.21. The normalized spacial score (nSPS) is 12.4. The summed E-state index contributed by atoms with van der Waals surface area (Å²) in [4.78, 5) is 0. The Kier molecular flexibility index (Phi) is 8.93. The van der Waals surface area contributed by atoms with Crippen molar-refractivity contribution in [3.63, 3.8) is 0 Å². The highest BCUT2D eigenvalue weighted by Crippen LogP contribution is 2.20. The molecule has 0 amide bonds. The molecule has 0 bridgehead atoms. The minimum absolute atomic E-state index is 0.333. The first-order valence-electron chi connectivity index (χ1n) is 6.97. The molecule has 6 heteroatoms. The van der Waals surface area contributed by atoms with E-state index < -0.39 is 0 Å². The van der Waals surface area contributed by atoms with E-state index in [1.165, 1.54) is 6.07 Å². The van der Waals surface area contributed by atoms with E-state index >= 15 is 0 Å². The summed E-state index contributed by atoms with van der Waals surface area (Å²) in [5, 5.41) is 0. The lowest BCUT2D eigenvalue weighted by atomic mass is 10.1. The van der Waals surface area contributed by atoms with Crippen molar-refractivity contribution < 1.29 is 23.3 Å². The Labute approximate surface area is 125 Å². The third-order valence-corrected chi connectivity index (χ3v) is 2.76. The maximum absolute atomic E-state index is 13.7. The summed E-state index contributed by atoms with van der Waals surface area (Å²) in [5.41, 5.74) is 6.12. The third kappa shape index (κ3) is 7.38. The Morgan fingerprint density at radius 1 is 1.05 bits per heavy atom. The van der Waals surface area contributed by atoms with Crippen LogP contribution >= 0.6 is 0 Å². The van der Waals surface area contributed by atoms with E-state index in [0.29, 0.717) is 51.0 Å². The van der Waals surface area contributed by atoms with Crippen LogP contribution in [0, 0.1) is 5.82 Å². The second kappa shape index (κ2) is 10.5. The van der Waals surface area contributed by atoms with Gasteiger partial charge in [-0.25, -0.2) is 4.39 Å². The van der Waals surface area contributed by atoms with Gasteiger partial charge in [0, 0.05) is 24.8 Å². The van der Waals surface area contributed by atoms with Crippen LogP contribution < -0.4 is 10.5 Å². The zero-order valence-electron chi connectivity index (χ0n) is 12.6. The van der Waals surface area contributed by atoms with Crippen LogP contribution in [-0.4, -0.2) is 46.8 Å². The molecule has 0 aliphatic carbocycles. The van der Waals surface area contributed by atoms with Crippen LogP contribution in [0.15, 0.2) is 18.2 Å². The van der Waals surface area contributed by atoms with Crippen molar-refractivity contribution >= 4 is 0 Å². The van der Waals surface area contributed by atoms with Crippen LogP contribution in [0.2, 0.25) is 0 Å². The van der Waals surface area contributed by atoms with E-state index in [1.807, 2.05) is 0 Å². The van der Waals surface area contributed by atoms with E-state index in [1.54, 1.807) is 26.2 Å². The van der Waals surface area contributed by atoms with E-state index in [0.717, 1.165) is 0 Å². The highest BCUT2D eigenvalue weighted by Gasteiger charge is 2.07. The number of rotatable bonds is 11. The molecule has 5 nitrogen and oxygen atoms in total. The second-order valence-corrected chi connectivity index (χ2v) is 4.54. The molecule has 21 heavy (non-hydrogen) atoms. The number of benzene rings is 1. The Morgan fingerprint density at radius 2 is 1.67 bits per heavy atom. The van der Waals surface area contributed by atoms with Crippen molar-refractivity contribution in [2.24, 2.45) is 5.73 Å². The second-order valence-electron chi connectivity index (χ2n) is 4.54. The lowest BCUT2D eigenvalue weighted by molar-refractivity contribution is 0.0179. The number of ether oxygens (including phenoxy) is 4. The zero-order chi connectivity index (χ0) is 15.5. The highest BCUT2D eigenvalue weighted by atomic mass is 19.1. The minimum atomic E-state index is -0.352. The number of methoxy groups -OCH3 is 1. The molecule has 120 valence electrons. The molecule has 0 aliphatic heterocycles. The molecule has 0 radical (unpaired) electrons. The average molecular weight is 301 g/mol. The van der Waals surface area contributed by atoms with Gasteiger partial charge in [0.2, 0.25) is 0 Å². The van der Waals surface area contributed by atoms with Crippen molar-refractivity contribution in [2.45, 2.75) is 13.0 Å². The van der Waals surface area contributed by atoms with Gasteiger partial charge in [0.1, 0.15) is 18.2 Å². The molecule has 1 atom stereocenters. The summed E-state index contributed by atoms with van der Waals surface area (Å²) in [6.07, 6.45) is 0. The topological polar surface area (TPSA) is 62.9 Å². The standard InChI is InChI=1S/C15H24FNO4/c1-12(17)14-4-3-13(11-15(14)16)21-10-9-20-8-7-19-6-5-18-2/h3-4,11-12H,5-10,17H2,1-2H3/t12-/m0/s1. The summed E-state index contributed by atoms with van der Waals surface area (Å²) in [5.74, 6) is 0.117. The van der Waals surface area contributed by atoms with Gasteiger partial charge in [0.05, 0.1) is 33.0 Å². The molecule has 0 saturated heterocycles. The molecule has 1 rings (SSSR count). The van der Waals surface area contributed by atoms with E-state index in [2.05, 4.69) is 0 Å². The summed E-state index contributed by atoms with van der Waals surface area (Å²) in [7, 11) is 1.63. The number of hydrogen-bond donors (Lipinski definition) is 1. The quantitative estimate of drug-likeness (QED) is 0.633. The van der Waals surface area contributed by atoms with Gasteiger partial charge >= 0.3 is 0 Å². The fourth-order valence-corrected chi connectivity index (χ4v) is 1.65. The van der Waals surface area contributed by atoms with Crippen molar-refractivity contribution in [3.8, 4) is 5.75 Å². The Balaban J connectivity index is 2.11. The largest absolute Gasteiger partial charge is 0.491 e. The lowest BCUT2D eigenvalue weighted by Gasteiger charge is -2.11. The first-order chi connectivity index (χ1) is 10.1. The van der Waals surface area contributed by atoms with Crippen molar-refractivity contribution in [3.05, 3.63) is 29.6 Å². The average Bonchev–Trinajstić information content (AvgIpc) is 2.45. The predicted molar refractivity (Wildman–Crippen MR) is 78.0 cm³/mol. The maximum Gasteiger partial charge on any atom is 0.131 e. The van der Waals surface area contributed by atoms with Gasteiger partial charge in [-0.1, -0.05) is 6.07 Å². The van der Waals surface area contributed by atoms with Crippen LogP contribution in [0.4, 0.5) is 4.39 Å². The summed E-state index contributed by atoms with van der Waals surface area (Å²) in [6, 6.07) is 4.35. The molecule has 1 aromatic rings. The predicted octanol–water partition coefficient (Wildman–Crippen LogP) is 1.90. The van der Waals surface area contributed by atoms with Gasteiger partial charge in [0.15, 0.2) is 0 Å². The molecule has 0 unspecified atom stereocenters. The van der Waals surface area contributed by atoms with Gasteiger partial charge in [-0.15, -0.1) is 0 Å². The molecule has 0 fully saturated rings. The SMILES string of the molecule is COCCOCCOCCOc1ccc([C@H](C)N)c(F)c1. The Bertz CT molecular complexity index is 401. The van der Waals surface area contributed by atoms with Gasteiger partial charge < -0.3 is 24.7 Å². The van der Waals surface area contributed by atoms with Gasteiger partial charge in [-0.05, 0) is 13.0 Å². The molecular weight excluding hydrogens is 277 g/mol. The first-order valence-corrected chi connectivity index (χ1v) is 6.97. The smallest absolute Gasteiger partial charge is 0.131 e. The van der Waals surface area contributed by atoms with Crippen molar-refractivity contribution in [2.75, 3.05) is 46.8 Å². The molecule has 1 aromatic carbocycles. The number of hydrogen-bond acceptors (Lipinski definition) is 5. The van der Waals surface area contributed by atoms with Crippen LogP contribution in [0.25, 0.3) is 0 Å². The Morgan fingerprint density at radius 3 is 2.24 bits per heavy atom. The fraction of sp³-hybridized carbons (Fsp3) is 0.600. The molecule has 2 N–H and O–H groups in total. The van der Waals surface area contributed by atoms with E-state index in [-0.39, 0.29) is 11.9 Å². The molecule has 0 aromatic heterocycles. The fourth-order valence-electron chi connectivity index (χ4n) is 1.65. The van der Waals surface area contributed by atoms with Crippen LogP contribution in [0.5, 0.6) is 5.75 Å². The van der Waals surface area contributed by atoms with Crippen LogP contribution in [0.3, 0.4) is 0 Å². The summed E-state index contributed by atoms with van der Waals surface area (Å²) < 4.78 is 34.5. The molecule has 0 spiro atoms. The third-order valence-electron chi connectivity index (χ3n) is 2.76. The van der Waals surface area contributed by atoms with Gasteiger partial charge in [-0.2, -0.15) is 0 Å². The zero-order valence-corrected chi connectivity index (χ0v) is 12.6. The van der Waals surface area contributed by atoms with Gasteiger partial charge in [-0.3, -0.25) is 0 Å². The van der Waals surface area contributed by atoms with E-state index in [4.69, 9.17) is 24.7 Å². The summed E-state index contributed by atoms with van der Waals surface area (Å²) in [6.45, 7) is 4.65. The number of halogens is 1. The molecule has 0 heterocycles.